The van der Waals surface area contributed by atoms with Crippen molar-refractivity contribution in [3.05, 3.63) is 70.8 Å². The van der Waals surface area contributed by atoms with E-state index in [0.29, 0.717) is 0 Å². The Bertz CT molecular complexity index is 1260. The molecule has 0 bridgehead atoms. The lowest BCUT2D eigenvalue weighted by Crippen LogP contribution is -2.33. The fraction of sp³-hybridized carbons (Fsp3) is 0.545. The Labute approximate surface area is 261 Å². The number of carbonyl (C=O) groups excluding carboxylic acids is 3. The molecule has 0 N–H and O–H groups in total. The molecule has 2 aromatic carbocycles. The molecule has 0 spiro atoms. The van der Waals surface area contributed by atoms with Crippen LogP contribution in [-0.2, 0) is 55.3 Å². The van der Waals surface area contributed by atoms with E-state index in [9.17, 15) is 18.9 Å². The lowest BCUT2D eigenvalue weighted by Gasteiger charge is -2.30. The highest BCUT2D eigenvalue weighted by Crippen LogP contribution is 2.55. The summed E-state index contributed by atoms with van der Waals surface area (Å²) in [7, 11) is -4.16. The van der Waals surface area contributed by atoms with Gasteiger partial charge in [-0.1, -0.05) is 54.1 Å². The molecular weight excluding hydrogens is 585 g/mol. The van der Waals surface area contributed by atoms with Gasteiger partial charge >= 0.3 is 19.5 Å². The molecule has 2 aromatic rings. The summed E-state index contributed by atoms with van der Waals surface area (Å²) in [5.41, 5.74) is 1.31. The third-order valence-electron chi connectivity index (χ3n) is 6.72. The van der Waals surface area contributed by atoms with Gasteiger partial charge in [0, 0.05) is 13.5 Å². The van der Waals surface area contributed by atoms with Gasteiger partial charge in [-0.05, 0) is 84.9 Å². The van der Waals surface area contributed by atoms with Gasteiger partial charge in [0.25, 0.3) is 0 Å². The first-order valence-electron chi connectivity index (χ1n) is 14.7. The molecule has 0 aliphatic rings. The van der Waals surface area contributed by atoms with Gasteiger partial charge in [-0.25, -0.2) is 5.06 Å². The Morgan fingerprint density at radius 3 is 1.89 bits per heavy atom. The Hall–Kier alpha value is -3.04. The molecule has 0 saturated heterocycles. The number of amides is 1. The standard InChI is InChI=1S/C33H48NO9P/c1-24-15-16-25(2)28(19-24)20-29(17-18-34(26(3)35)41-21-27-13-11-10-12-14-27)44(38,42-22-39-30(36)32(4,5)6)43-23-40-31(37)33(7,8)9/h10-16,19,29H,17-18,20-23H2,1-9H3. The zero-order valence-corrected chi connectivity index (χ0v) is 28.4. The number of aryl methyl sites for hydroxylation is 2. The number of hydroxylamine groups is 2. The van der Waals surface area contributed by atoms with Gasteiger partial charge in [-0.15, -0.1) is 0 Å². The molecule has 0 saturated carbocycles. The zero-order chi connectivity index (χ0) is 33.1. The first kappa shape index (κ1) is 37.1. The molecule has 1 unspecified atom stereocenters. The molecule has 11 heteroatoms. The van der Waals surface area contributed by atoms with Crippen LogP contribution in [-0.4, -0.2) is 48.7 Å². The van der Waals surface area contributed by atoms with E-state index in [1.54, 1.807) is 41.5 Å². The summed E-state index contributed by atoms with van der Waals surface area (Å²) in [5, 5.41) is 1.21. The number of esters is 2. The minimum atomic E-state index is -4.16. The van der Waals surface area contributed by atoms with Crippen molar-refractivity contribution in [3.8, 4) is 0 Å². The maximum Gasteiger partial charge on any atom is 0.339 e. The molecule has 2 rings (SSSR count). The van der Waals surface area contributed by atoms with Gasteiger partial charge in [-0.3, -0.25) is 32.8 Å². The van der Waals surface area contributed by atoms with Crippen LogP contribution in [0.5, 0.6) is 0 Å². The van der Waals surface area contributed by atoms with Crippen molar-refractivity contribution < 1.29 is 42.3 Å². The van der Waals surface area contributed by atoms with Crippen molar-refractivity contribution in [2.75, 3.05) is 20.1 Å². The number of rotatable bonds is 15. The van der Waals surface area contributed by atoms with Crippen molar-refractivity contribution in [1.29, 1.82) is 0 Å². The van der Waals surface area contributed by atoms with Crippen molar-refractivity contribution in [1.82, 2.24) is 5.06 Å². The summed E-state index contributed by atoms with van der Waals surface area (Å²) >= 11 is 0. The second-order valence-electron chi connectivity index (χ2n) is 12.9. The third kappa shape index (κ3) is 12.2. The minimum Gasteiger partial charge on any atom is -0.438 e. The Morgan fingerprint density at radius 1 is 0.841 bits per heavy atom. The summed E-state index contributed by atoms with van der Waals surface area (Å²) in [6.07, 6.45) is 0.384. The lowest BCUT2D eigenvalue weighted by atomic mass is 9.98. The molecule has 0 radical (unpaired) electrons. The maximum absolute atomic E-state index is 14.6. The van der Waals surface area contributed by atoms with Crippen LogP contribution in [0.4, 0.5) is 0 Å². The molecule has 0 aliphatic heterocycles. The molecule has 244 valence electrons. The summed E-state index contributed by atoms with van der Waals surface area (Å²) in [5.74, 6) is -1.43. The van der Waals surface area contributed by atoms with Crippen molar-refractivity contribution in [2.45, 2.75) is 87.4 Å². The quantitative estimate of drug-likeness (QED) is 0.0893. The second-order valence-corrected chi connectivity index (χ2v) is 15.2. The largest absolute Gasteiger partial charge is 0.438 e. The van der Waals surface area contributed by atoms with Crippen molar-refractivity contribution in [3.63, 3.8) is 0 Å². The van der Waals surface area contributed by atoms with E-state index in [2.05, 4.69) is 0 Å². The zero-order valence-electron chi connectivity index (χ0n) is 27.5. The van der Waals surface area contributed by atoms with E-state index in [1.165, 1.54) is 12.0 Å². The number of nitrogens with zero attached hydrogens (tertiary/aromatic N) is 1. The summed E-state index contributed by atoms with van der Waals surface area (Å²) in [6, 6.07) is 15.3. The van der Waals surface area contributed by atoms with Crippen molar-refractivity contribution in [2.24, 2.45) is 10.8 Å². The van der Waals surface area contributed by atoms with Crippen LogP contribution in [0.25, 0.3) is 0 Å². The van der Waals surface area contributed by atoms with Crippen LogP contribution in [0.2, 0.25) is 0 Å². The summed E-state index contributed by atoms with van der Waals surface area (Å²) in [4.78, 5) is 43.2. The molecule has 1 amide bonds. The van der Waals surface area contributed by atoms with Gasteiger partial charge in [0.05, 0.1) is 16.5 Å². The Kier molecular flexibility index (Phi) is 13.8. The lowest BCUT2D eigenvalue weighted by molar-refractivity contribution is -0.189. The monoisotopic (exact) mass is 633 g/mol. The van der Waals surface area contributed by atoms with Gasteiger partial charge in [-0.2, -0.15) is 0 Å². The van der Waals surface area contributed by atoms with Crippen LogP contribution in [0.15, 0.2) is 48.5 Å². The molecule has 44 heavy (non-hydrogen) atoms. The van der Waals surface area contributed by atoms with Crippen LogP contribution < -0.4 is 0 Å². The predicted molar refractivity (Wildman–Crippen MR) is 167 cm³/mol. The highest BCUT2D eigenvalue weighted by Gasteiger charge is 2.39. The van der Waals surface area contributed by atoms with E-state index < -0.39 is 49.6 Å². The Balaban J connectivity index is 2.38. The maximum atomic E-state index is 14.6. The predicted octanol–water partition coefficient (Wildman–Crippen LogP) is 6.90. The third-order valence-corrected chi connectivity index (χ3v) is 8.99. The molecule has 10 nitrogen and oxygen atoms in total. The fourth-order valence-electron chi connectivity index (χ4n) is 3.94. The SMILES string of the molecule is CC(=O)N(CCC(Cc1cc(C)ccc1C)P(=O)(OCOC(=O)C(C)(C)C)OCOC(=O)C(C)(C)C)OCc1ccccc1. The smallest absolute Gasteiger partial charge is 0.339 e. The fourth-order valence-corrected chi connectivity index (χ4v) is 5.69. The van der Waals surface area contributed by atoms with E-state index >= 15 is 0 Å². The molecular formula is C33H48NO9P. The molecule has 0 aromatic heterocycles. The number of hydrogen-bond donors (Lipinski definition) is 0. The first-order chi connectivity index (χ1) is 20.4. The first-order valence-corrected chi connectivity index (χ1v) is 16.3. The number of benzene rings is 2. The summed E-state index contributed by atoms with van der Waals surface area (Å²) < 4.78 is 36.6. The van der Waals surface area contributed by atoms with Crippen molar-refractivity contribution >= 4 is 25.4 Å². The second kappa shape index (κ2) is 16.3. The molecule has 1 atom stereocenters. The average Bonchev–Trinajstić information content (AvgIpc) is 2.93. The van der Waals surface area contributed by atoms with E-state index in [1.807, 2.05) is 62.4 Å². The van der Waals surface area contributed by atoms with E-state index in [4.69, 9.17) is 23.4 Å². The average molecular weight is 634 g/mol. The highest BCUT2D eigenvalue weighted by atomic mass is 31.2. The summed E-state index contributed by atoms with van der Waals surface area (Å²) in [6.45, 7) is 14.4. The number of hydrogen-bond acceptors (Lipinski definition) is 9. The Morgan fingerprint density at radius 2 is 1.39 bits per heavy atom. The van der Waals surface area contributed by atoms with Crippen LogP contribution in [0, 0.1) is 24.7 Å². The topological polar surface area (TPSA) is 118 Å². The van der Waals surface area contributed by atoms with Gasteiger partial charge in [0.2, 0.25) is 19.5 Å². The van der Waals surface area contributed by atoms with Crippen LogP contribution in [0.3, 0.4) is 0 Å². The van der Waals surface area contributed by atoms with Crippen LogP contribution in [0.1, 0.15) is 77.1 Å². The number of carbonyl (C=O) groups is 3. The highest BCUT2D eigenvalue weighted by molar-refractivity contribution is 7.54. The molecule has 0 heterocycles. The molecule has 0 fully saturated rings. The van der Waals surface area contributed by atoms with E-state index in [0.717, 1.165) is 22.3 Å². The van der Waals surface area contributed by atoms with Gasteiger partial charge < -0.3 is 9.47 Å². The molecule has 0 aliphatic carbocycles. The minimum absolute atomic E-state index is 0.0674. The normalized spacial score (nSPS) is 12.8. The number of ether oxygens (including phenoxy) is 2. The van der Waals surface area contributed by atoms with Gasteiger partial charge in [0.1, 0.15) is 6.61 Å². The van der Waals surface area contributed by atoms with Crippen LogP contribution >= 0.6 is 7.60 Å². The van der Waals surface area contributed by atoms with Gasteiger partial charge in [0.15, 0.2) is 0 Å². The van der Waals surface area contributed by atoms with E-state index in [-0.39, 0.29) is 31.9 Å².